The lowest BCUT2D eigenvalue weighted by Gasteiger charge is -2.25. The third kappa shape index (κ3) is 7.98. The smallest absolute Gasteiger partial charge is 0.220 e. The van der Waals surface area contributed by atoms with Crippen molar-refractivity contribution in [1.82, 2.24) is 10.6 Å². The molecule has 0 fully saturated rings. The number of fused-ring (bicyclic) bond motifs is 1. The van der Waals surface area contributed by atoms with Gasteiger partial charge in [0.15, 0.2) is 17.3 Å². The molecule has 40 heavy (non-hydrogen) atoms. The molecule has 3 N–H and O–H groups in total. The molecule has 1 aliphatic rings. The van der Waals surface area contributed by atoms with Crippen molar-refractivity contribution in [3.05, 3.63) is 92.1 Å². The van der Waals surface area contributed by atoms with E-state index in [0.29, 0.717) is 42.2 Å². The second-order valence-electron chi connectivity index (χ2n) is 9.63. The molecule has 212 valence electrons. The number of ether oxygens (including phenoxy) is 2. The average molecular weight is 664 g/mol. The predicted octanol–water partition coefficient (Wildman–Crippen LogP) is 4.35. The summed E-state index contributed by atoms with van der Waals surface area (Å²) in [5.41, 5.74) is 2.59. The van der Waals surface area contributed by atoms with Crippen LogP contribution in [0.15, 0.2) is 54.6 Å². The fourth-order valence-corrected chi connectivity index (χ4v) is 5.36. The predicted molar refractivity (Wildman–Crippen MR) is 155 cm³/mol. The van der Waals surface area contributed by atoms with Gasteiger partial charge in [-0.15, -0.1) is 0 Å². The number of benzene rings is 3. The summed E-state index contributed by atoms with van der Waals surface area (Å²) in [7, 11) is 1.53. The Morgan fingerprint density at radius 3 is 2.58 bits per heavy atom. The Balaban J connectivity index is 1.39. The molecule has 3 aromatic rings. The first kappa shape index (κ1) is 29.9. The van der Waals surface area contributed by atoms with Gasteiger partial charge in [-0.25, -0.2) is 8.78 Å². The Kier molecular flexibility index (Phi) is 10.5. The lowest BCUT2D eigenvalue weighted by atomic mass is 9.97. The molecule has 4 rings (SSSR count). The maximum Gasteiger partial charge on any atom is 0.220 e. The highest BCUT2D eigenvalue weighted by molar-refractivity contribution is 14.1. The molecule has 10 heteroatoms. The third-order valence-electron chi connectivity index (χ3n) is 6.68. The summed E-state index contributed by atoms with van der Waals surface area (Å²) in [6, 6.07) is 13.5. The number of ketones is 1. The van der Waals surface area contributed by atoms with E-state index < -0.39 is 29.7 Å². The number of hydrogen-bond acceptors (Lipinski definition) is 6. The van der Waals surface area contributed by atoms with Crippen molar-refractivity contribution in [2.24, 2.45) is 0 Å². The van der Waals surface area contributed by atoms with Crippen LogP contribution in [0, 0.1) is 15.2 Å². The SMILES string of the molecule is COc1ccc(C(=O)CCC(=O)NC(Cc2cc(F)cc(F)c2)C(O)CNCc2cccc(I)c2)c2c1OCC2. The number of hydrogen-bond donors (Lipinski definition) is 3. The zero-order valence-corrected chi connectivity index (χ0v) is 24.2. The normalized spacial score (nSPS) is 13.7. The lowest BCUT2D eigenvalue weighted by Crippen LogP contribution is -2.48. The maximum absolute atomic E-state index is 13.8. The standard InChI is InChI=1S/C30H31F2IN2O5/c1-39-28-7-5-23(24-9-10-40-30(24)28)26(36)6-8-29(38)35-25(14-19-11-20(31)15-21(32)12-19)27(37)17-34-16-18-3-2-4-22(33)13-18/h2-5,7,11-13,15,25,27,34,37H,6,8-10,14,16-17H2,1H3,(H,35,38). The molecule has 1 amide bonds. The molecular formula is C30H31F2IN2O5. The lowest BCUT2D eigenvalue weighted by molar-refractivity contribution is -0.122. The van der Waals surface area contributed by atoms with Gasteiger partial charge >= 0.3 is 0 Å². The quantitative estimate of drug-likeness (QED) is 0.186. The highest BCUT2D eigenvalue weighted by Gasteiger charge is 2.26. The molecule has 0 aromatic heterocycles. The molecule has 0 saturated carbocycles. The highest BCUT2D eigenvalue weighted by atomic mass is 127. The number of carbonyl (C=O) groups excluding carboxylic acids is 2. The molecule has 0 spiro atoms. The number of rotatable bonds is 13. The summed E-state index contributed by atoms with van der Waals surface area (Å²) in [6.45, 7) is 1.08. The minimum Gasteiger partial charge on any atom is -0.493 e. The van der Waals surface area contributed by atoms with Gasteiger partial charge in [0.1, 0.15) is 11.6 Å². The summed E-state index contributed by atoms with van der Waals surface area (Å²) in [6.07, 6.45) is -0.642. The van der Waals surface area contributed by atoms with Gasteiger partial charge in [0, 0.05) is 53.1 Å². The second kappa shape index (κ2) is 14.0. The monoisotopic (exact) mass is 664 g/mol. The molecule has 3 aromatic carbocycles. The zero-order valence-electron chi connectivity index (χ0n) is 22.0. The number of Topliss-reactive ketones (excluding diaryl/α,β-unsaturated/α-hetero) is 1. The minimum absolute atomic E-state index is 0.00375. The van der Waals surface area contributed by atoms with Crippen LogP contribution in [0.1, 0.15) is 39.9 Å². The van der Waals surface area contributed by atoms with Gasteiger partial charge in [-0.3, -0.25) is 9.59 Å². The van der Waals surface area contributed by atoms with E-state index in [1.54, 1.807) is 12.1 Å². The number of methoxy groups -OCH3 is 1. The van der Waals surface area contributed by atoms with Crippen molar-refractivity contribution in [3.8, 4) is 11.5 Å². The summed E-state index contributed by atoms with van der Waals surface area (Å²) in [5, 5.41) is 16.9. The maximum atomic E-state index is 13.8. The Morgan fingerprint density at radius 2 is 1.85 bits per heavy atom. The van der Waals surface area contributed by atoms with Gasteiger partial charge in [-0.1, -0.05) is 12.1 Å². The van der Waals surface area contributed by atoms with Crippen LogP contribution >= 0.6 is 22.6 Å². The summed E-state index contributed by atoms with van der Waals surface area (Å²) < 4.78 is 39.6. The van der Waals surface area contributed by atoms with Gasteiger partial charge in [0.2, 0.25) is 5.91 Å². The van der Waals surface area contributed by atoms with Gasteiger partial charge in [-0.05, 0) is 76.5 Å². The van der Waals surface area contributed by atoms with E-state index in [4.69, 9.17) is 9.47 Å². The van der Waals surface area contributed by atoms with E-state index in [2.05, 4.69) is 33.2 Å². The van der Waals surface area contributed by atoms with Crippen molar-refractivity contribution >= 4 is 34.3 Å². The van der Waals surface area contributed by atoms with Gasteiger partial charge in [0.25, 0.3) is 0 Å². The third-order valence-corrected chi connectivity index (χ3v) is 7.35. The van der Waals surface area contributed by atoms with Crippen LogP contribution in [-0.2, 0) is 24.2 Å². The van der Waals surface area contributed by atoms with Gasteiger partial charge in [0.05, 0.1) is 25.9 Å². The molecule has 1 aliphatic heterocycles. The average Bonchev–Trinajstić information content (AvgIpc) is 3.40. The number of halogens is 3. The first-order chi connectivity index (χ1) is 19.2. The van der Waals surface area contributed by atoms with E-state index >= 15 is 0 Å². The van der Waals surface area contributed by atoms with Crippen molar-refractivity contribution < 1.29 is 33.0 Å². The molecule has 0 bridgehead atoms. The Labute approximate surface area is 245 Å². The molecule has 7 nitrogen and oxygen atoms in total. The molecule has 0 aliphatic carbocycles. The molecule has 0 saturated heterocycles. The van der Waals surface area contributed by atoms with E-state index in [9.17, 15) is 23.5 Å². The van der Waals surface area contributed by atoms with Crippen molar-refractivity contribution in [1.29, 1.82) is 0 Å². The molecule has 0 radical (unpaired) electrons. The van der Waals surface area contributed by atoms with Crippen LogP contribution in [-0.4, -0.2) is 49.2 Å². The number of nitrogens with one attached hydrogen (secondary N) is 2. The van der Waals surface area contributed by atoms with Gasteiger partial charge in [-0.2, -0.15) is 0 Å². The first-order valence-corrected chi connectivity index (χ1v) is 14.0. The van der Waals surface area contributed by atoms with Gasteiger partial charge < -0.3 is 25.2 Å². The van der Waals surface area contributed by atoms with Crippen LogP contribution in [0.5, 0.6) is 11.5 Å². The topological polar surface area (TPSA) is 96.9 Å². The highest BCUT2D eigenvalue weighted by Crippen LogP contribution is 2.38. The van der Waals surface area contributed by atoms with Crippen LogP contribution in [0.25, 0.3) is 0 Å². The van der Waals surface area contributed by atoms with Crippen LogP contribution < -0.4 is 20.1 Å². The summed E-state index contributed by atoms with van der Waals surface area (Å²) >= 11 is 2.22. The Bertz CT molecular complexity index is 1350. The summed E-state index contributed by atoms with van der Waals surface area (Å²) in [4.78, 5) is 25.9. The molecular weight excluding hydrogens is 633 g/mol. The Morgan fingerprint density at radius 1 is 1.07 bits per heavy atom. The van der Waals surface area contributed by atoms with E-state index in [-0.39, 0.29) is 31.6 Å². The Hall–Kier alpha value is -3.09. The van der Waals surface area contributed by atoms with E-state index in [1.807, 2.05) is 24.3 Å². The van der Waals surface area contributed by atoms with Crippen LogP contribution in [0.3, 0.4) is 0 Å². The number of aliphatic hydroxyl groups excluding tert-OH is 1. The fraction of sp³-hybridized carbons (Fsp3) is 0.333. The number of amides is 1. The zero-order chi connectivity index (χ0) is 28.6. The second-order valence-corrected chi connectivity index (χ2v) is 10.9. The number of aliphatic hydroxyl groups is 1. The van der Waals surface area contributed by atoms with E-state index in [1.165, 1.54) is 19.2 Å². The largest absolute Gasteiger partial charge is 0.493 e. The number of carbonyl (C=O) groups is 2. The van der Waals surface area contributed by atoms with Crippen molar-refractivity contribution in [2.75, 3.05) is 20.3 Å². The minimum atomic E-state index is -1.06. The first-order valence-electron chi connectivity index (χ1n) is 13.0. The summed E-state index contributed by atoms with van der Waals surface area (Å²) in [5.74, 6) is -1.03. The van der Waals surface area contributed by atoms with Crippen LogP contribution in [0.4, 0.5) is 8.78 Å². The van der Waals surface area contributed by atoms with Crippen LogP contribution in [0.2, 0.25) is 0 Å². The van der Waals surface area contributed by atoms with Crippen molar-refractivity contribution in [2.45, 2.75) is 44.4 Å². The molecule has 1 heterocycles. The van der Waals surface area contributed by atoms with Crippen molar-refractivity contribution in [3.63, 3.8) is 0 Å². The molecule has 2 unspecified atom stereocenters. The fourth-order valence-electron chi connectivity index (χ4n) is 4.75. The van der Waals surface area contributed by atoms with E-state index in [0.717, 1.165) is 20.8 Å². The molecule has 2 atom stereocenters.